The highest BCUT2D eigenvalue weighted by Gasteiger charge is 2.38. The number of anilines is 2. The first kappa shape index (κ1) is 18.3. The van der Waals surface area contributed by atoms with E-state index in [0.717, 1.165) is 37.4 Å². The number of benzene rings is 1. The Kier molecular flexibility index (Phi) is 5.35. The minimum absolute atomic E-state index is 0.0711. The largest absolute Gasteiger partial charge is 0.357 e. The molecule has 4 rings (SSSR count). The number of piperidine rings is 1. The molecule has 2 aliphatic rings. The fourth-order valence-electron chi connectivity index (χ4n) is 4.05. The highest BCUT2D eigenvalue weighted by Crippen LogP contribution is 2.38. The third kappa shape index (κ3) is 4.11. The lowest BCUT2D eigenvalue weighted by Gasteiger charge is -2.37. The van der Waals surface area contributed by atoms with Gasteiger partial charge in [-0.15, -0.1) is 0 Å². The van der Waals surface area contributed by atoms with Crippen LogP contribution in [0.25, 0.3) is 0 Å². The summed E-state index contributed by atoms with van der Waals surface area (Å²) in [6, 6.07) is 13.9. The average Bonchev–Trinajstić information content (AvgIpc) is 3.56. The number of carbonyl (C=O) groups is 1. The zero-order valence-corrected chi connectivity index (χ0v) is 16.5. The molecular formula is C22H26ClN3O. The van der Waals surface area contributed by atoms with Crippen LogP contribution in [0.2, 0.25) is 5.02 Å². The zero-order chi connectivity index (χ0) is 18.8. The number of aromatic nitrogens is 1. The van der Waals surface area contributed by atoms with E-state index in [1.54, 1.807) is 0 Å². The molecule has 2 heterocycles. The van der Waals surface area contributed by atoms with Crippen LogP contribution in [-0.4, -0.2) is 30.0 Å². The Morgan fingerprint density at radius 1 is 1.11 bits per heavy atom. The van der Waals surface area contributed by atoms with Gasteiger partial charge in [0.05, 0.1) is 0 Å². The maximum Gasteiger partial charge on any atom is 0.230 e. The minimum atomic E-state index is 0.0711. The molecule has 4 nitrogen and oxygen atoms in total. The van der Waals surface area contributed by atoms with Gasteiger partial charge in [-0.3, -0.25) is 4.79 Å². The summed E-state index contributed by atoms with van der Waals surface area (Å²) in [4.78, 5) is 22.2. The van der Waals surface area contributed by atoms with Crippen molar-refractivity contribution in [2.45, 2.75) is 38.6 Å². The smallest absolute Gasteiger partial charge is 0.230 e. The van der Waals surface area contributed by atoms with Gasteiger partial charge >= 0.3 is 0 Å². The van der Waals surface area contributed by atoms with Crippen molar-refractivity contribution >= 4 is 29.0 Å². The topological polar surface area (TPSA) is 36.4 Å². The molecule has 2 aromatic rings. The van der Waals surface area contributed by atoms with E-state index in [1.165, 1.54) is 12.8 Å². The van der Waals surface area contributed by atoms with Gasteiger partial charge in [-0.05, 0) is 74.9 Å². The fourth-order valence-corrected chi connectivity index (χ4v) is 4.17. The number of nitrogens with zero attached hydrogens (tertiary/aromatic N) is 3. The number of amides is 1. The van der Waals surface area contributed by atoms with E-state index in [2.05, 4.69) is 16.8 Å². The van der Waals surface area contributed by atoms with Crippen LogP contribution in [-0.2, 0) is 4.79 Å². The van der Waals surface area contributed by atoms with Crippen LogP contribution in [0.15, 0.2) is 48.7 Å². The molecule has 27 heavy (non-hydrogen) atoms. The van der Waals surface area contributed by atoms with E-state index < -0.39 is 0 Å². The number of pyridine rings is 1. The van der Waals surface area contributed by atoms with E-state index in [4.69, 9.17) is 11.6 Å². The predicted molar refractivity (Wildman–Crippen MR) is 110 cm³/mol. The number of halogens is 1. The van der Waals surface area contributed by atoms with Crippen molar-refractivity contribution < 1.29 is 4.79 Å². The summed E-state index contributed by atoms with van der Waals surface area (Å²) < 4.78 is 0. The molecular weight excluding hydrogens is 358 g/mol. The molecule has 1 aromatic carbocycles. The molecule has 1 saturated heterocycles. The third-order valence-corrected chi connectivity index (χ3v) is 6.12. The minimum Gasteiger partial charge on any atom is -0.357 e. The molecule has 5 heteroatoms. The Morgan fingerprint density at radius 2 is 1.81 bits per heavy atom. The monoisotopic (exact) mass is 383 g/mol. The number of hydrogen-bond donors (Lipinski definition) is 0. The second-order valence-corrected chi connectivity index (χ2v) is 8.15. The summed E-state index contributed by atoms with van der Waals surface area (Å²) >= 11 is 6.06. The lowest BCUT2D eigenvalue weighted by Crippen LogP contribution is -2.47. The molecule has 1 aliphatic heterocycles. The van der Waals surface area contributed by atoms with Crippen LogP contribution in [0.3, 0.4) is 0 Å². The van der Waals surface area contributed by atoms with Crippen molar-refractivity contribution in [1.29, 1.82) is 0 Å². The first-order chi connectivity index (χ1) is 13.1. The van der Waals surface area contributed by atoms with Gasteiger partial charge in [0.1, 0.15) is 5.82 Å². The van der Waals surface area contributed by atoms with Gasteiger partial charge < -0.3 is 9.80 Å². The second kappa shape index (κ2) is 7.89. The summed E-state index contributed by atoms with van der Waals surface area (Å²) in [5, 5.41) is 0.703. The summed E-state index contributed by atoms with van der Waals surface area (Å²) in [6.45, 7) is 3.94. The van der Waals surface area contributed by atoms with Crippen LogP contribution in [0.5, 0.6) is 0 Å². The van der Waals surface area contributed by atoms with E-state index in [0.29, 0.717) is 10.9 Å². The van der Waals surface area contributed by atoms with Crippen LogP contribution in [0, 0.1) is 11.8 Å². The quantitative estimate of drug-likeness (QED) is 0.745. The standard InChI is InChI=1S/C22H26ClN3O/c1-16(17-5-6-17)26(20-9-7-19(23)8-10-20)22(27)18-11-14-25(15-12-18)21-4-2-3-13-24-21/h2-4,7-10,13,16-18H,5-6,11-12,14-15H2,1H3/t16-/m0/s1. The molecule has 1 saturated carbocycles. The van der Waals surface area contributed by atoms with Crippen LogP contribution < -0.4 is 9.80 Å². The second-order valence-electron chi connectivity index (χ2n) is 7.71. The number of carbonyl (C=O) groups excluding carboxylic acids is 1. The molecule has 1 atom stereocenters. The van der Waals surface area contributed by atoms with Gasteiger partial charge in [0.2, 0.25) is 5.91 Å². The van der Waals surface area contributed by atoms with E-state index in [-0.39, 0.29) is 17.9 Å². The van der Waals surface area contributed by atoms with E-state index >= 15 is 0 Å². The van der Waals surface area contributed by atoms with Gasteiger partial charge in [-0.2, -0.15) is 0 Å². The molecule has 1 aromatic heterocycles. The summed E-state index contributed by atoms with van der Waals surface area (Å²) in [5.74, 6) is 1.96. The van der Waals surface area contributed by atoms with Crippen molar-refractivity contribution in [2.24, 2.45) is 11.8 Å². The van der Waals surface area contributed by atoms with Crippen molar-refractivity contribution in [1.82, 2.24) is 4.98 Å². The molecule has 142 valence electrons. The number of rotatable bonds is 5. The molecule has 0 N–H and O–H groups in total. The van der Waals surface area contributed by atoms with Gasteiger partial charge in [-0.25, -0.2) is 4.98 Å². The average molecular weight is 384 g/mol. The van der Waals surface area contributed by atoms with Gasteiger partial charge in [0.25, 0.3) is 0 Å². The first-order valence-electron chi connectivity index (χ1n) is 9.88. The van der Waals surface area contributed by atoms with Crippen molar-refractivity contribution in [3.8, 4) is 0 Å². The highest BCUT2D eigenvalue weighted by molar-refractivity contribution is 6.30. The molecule has 0 bridgehead atoms. The normalized spacial score (nSPS) is 19.0. The molecule has 1 amide bonds. The Labute approximate surface area is 166 Å². The van der Waals surface area contributed by atoms with Gasteiger partial charge in [0.15, 0.2) is 0 Å². The van der Waals surface area contributed by atoms with Crippen LogP contribution in [0.4, 0.5) is 11.5 Å². The van der Waals surface area contributed by atoms with Gasteiger partial charge in [-0.1, -0.05) is 17.7 Å². The van der Waals surface area contributed by atoms with E-state index in [1.807, 2.05) is 53.6 Å². The Hall–Kier alpha value is -2.07. The Morgan fingerprint density at radius 3 is 2.41 bits per heavy atom. The summed E-state index contributed by atoms with van der Waals surface area (Å²) in [7, 11) is 0. The van der Waals surface area contributed by atoms with Crippen molar-refractivity contribution in [2.75, 3.05) is 22.9 Å². The first-order valence-corrected chi connectivity index (χ1v) is 10.3. The predicted octanol–water partition coefficient (Wildman–Crippen LogP) is 4.78. The van der Waals surface area contributed by atoms with Crippen LogP contribution >= 0.6 is 11.6 Å². The third-order valence-electron chi connectivity index (χ3n) is 5.87. The Balaban J connectivity index is 1.48. The van der Waals surface area contributed by atoms with Crippen molar-refractivity contribution in [3.05, 3.63) is 53.7 Å². The zero-order valence-electron chi connectivity index (χ0n) is 15.7. The number of hydrogen-bond acceptors (Lipinski definition) is 3. The molecule has 2 fully saturated rings. The summed E-state index contributed by atoms with van der Waals surface area (Å²) in [6.07, 6.45) is 6.01. The molecule has 0 unspecified atom stereocenters. The van der Waals surface area contributed by atoms with E-state index in [9.17, 15) is 4.79 Å². The molecule has 0 radical (unpaired) electrons. The SMILES string of the molecule is C[C@@H](C1CC1)N(C(=O)C1CCN(c2ccccn2)CC1)c1ccc(Cl)cc1. The molecule has 0 spiro atoms. The lowest BCUT2D eigenvalue weighted by atomic mass is 9.94. The maximum atomic E-state index is 13.5. The summed E-state index contributed by atoms with van der Waals surface area (Å²) in [5.41, 5.74) is 0.968. The Bertz CT molecular complexity index is 768. The van der Waals surface area contributed by atoms with Crippen LogP contribution in [0.1, 0.15) is 32.6 Å². The van der Waals surface area contributed by atoms with Crippen molar-refractivity contribution in [3.63, 3.8) is 0 Å². The van der Waals surface area contributed by atoms with Gasteiger partial charge in [0, 0.05) is 42.0 Å². The fraction of sp³-hybridized carbons (Fsp3) is 0.455. The highest BCUT2D eigenvalue weighted by atomic mass is 35.5. The lowest BCUT2D eigenvalue weighted by molar-refractivity contribution is -0.123. The maximum absolute atomic E-state index is 13.5. The molecule has 1 aliphatic carbocycles.